The van der Waals surface area contributed by atoms with Crippen LogP contribution in [0, 0.1) is 27.2 Å². The third-order valence-electron chi connectivity index (χ3n) is 8.59. The molecule has 11 nitrogen and oxygen atoms in total. The molecule has 2 saturated carbocycles. The van der Waals surface area contributed by atoms with Crippen molar-refractivity contribution in [3.05, 3.63) is 73.3 Å². The summed E-state index contributed by atoms with van der Waals surface area (Å²) in [5.74, 6) is -0.717. The first-order valence-corrected chi connectivity index (χ1v) is 15.7. The number of nitro groups is 2. The van der Waals surface area contributed by atoms with Gasteiger partial charge in [0, 0.05) is 53.0 Å². The van der Waals surface area contributed by atoms with Crippen molar-refractivity contribution >= 4 is 23.2 Å². The number of benzene rings is 2. The maximum Gasteiger partial charge on any atom is 0.311 e. The summed E-state index contributed by atoms with van der Waals surface area (Å²) in [6.45, 7) is 9.63. The lowest BCUT2D eigenvalue weighted by molar-refractivity contribution is -0.385. The van der Waals surface area contributed by atoms with E-state index in [0.29, 0.717) is 11.1 Å². The van der Waals surface area contributed by atoms with Gasteiger partial charge in [-0.05, 0) is 78.5 Å². The van der Waals surface area contributed by atoms with E-state index in [0.717, 1.165) is 57.4 Å². The molecule has 0 radical (unpaired) electrons. The normalized spacial score (nSPS) is 15.8. The predicted molar refractivity (Wildman–Crippen MR) is 169 cm³/mol. The number of phenolic OH excluding ortho intramolecular Hbond substituents is 1. The lowest BCUT2D eigenvalue weighted by Gasteiger charge is -2.37. The number of rotatable bonds is 8. The summed E-state index contributed by atoms with van der Waals surface area (Å²) in [6, 6.07) is 9.16. The van der Waals surface area contributed by atoms with Crippen molar-refractivity contribution in [1.82, 2.24) is 9.80 Å². The minimum Gasteiger partial charge on any atom is -0.502 e. The highest BCUT2D eigenvalue weighted by molar-refractivity contribution is 5.96. The van der Waals surface area contributed by atoms with Crippen molar-refractivity contribution in [1.29, 1.82) is 0 Å². The lowest BCUT2D eigenvalue weighted by atomic mass is 9.92. The molecule has 2 aliphatic carbocycles. The van der Waals surface area contributed by atoms with Crippen molar-refractivity contribution < 1.29 is 24.5 Å². The lowest BCUT2D eigenvalue weighted by Crippen LogP contribution is -2.45. The number of nitrogens with zero attached hydrogens (tertiary/aromatic N) is 4. The monoisotopic (exact) mass is 610 g/mol. The van der Waals surface area contributed by atoms with Crippen LogP contribution in [0.1, 0.15) is 118 Å². The Hall–Kier alpha value is -4.02. The maximum absolute atomic E-state index is 12.9. The predicted octanol–water partition coefficient (Wildman–Crippen LogP) is 7.57. The Labute approximate surface area is 259 Å². The molecule has 1 N–H and O–H groups in total. The average Bonchev–Trinajstić information content (AvgIpc) is 2.98. The first-order chi connectivity index (χ1) is 20.8. The summed E-state index contributed by atoms with van der Waals surface area (Å²) in [4.78, 5) is 50.3. The van der Waals surface area contributed by atoms with E-state index < -0.39 is 21.3 Å². The Morgan fingerprint density at radius 1 is 0.705 bits per heavy atom. The van der Waals surface area contributed by atoms with Crippen LogP contribution in [0.3, 0.4) is 0 Å². The van der Waals surface area contributed by atoms with Crippen LogP contribution in [0.4, 0.5) is 11.4 Å². The molecule has 0 spiro atoms. The first kappa shape index (κ1) is 34.5. The van der Waals surface area contributed by atoms with Crippen LogP contribution in [-0.2, 0) is 0 Å². The second-order valence-corrected chi connectivity index (χ2v) is 12.4. The Kier molecular flexibility index (Phi) is 12.2. The number of hydrogen-bond donors (Lipinski definition) is 1. The van der Waals surface area contributed by atoms with Gasteiger partial charge in [-0.1, -0.05) is 44.6 Å². The number of nitro benzene ring substituents is 2. The molecule has 11 heteroatoms. The molecule has 0 bridgehead atoms. The van der Waals surface area contributed by atoms with E-state index in [-0.39, 0.29) is 47.2 Å². The van der Waals surface area contributed by atoms with Gasteiger partial charge in [-0.15, -0.1) is 0 Å². The van der Waals surface area contributed by atoms with Crippen LogP contribution in [0.5, 0.6) is 5.75 Å². The Morgan fingerprint density at radius 3 is 1.48 bits per heavy atom. The van der Waals surface area contributed by atoms with E-state index in [1.54, 1.807) is 19.1 Å². The third-order valence-corrected chi connectivity index (χ3v) is 8.59. The molecule has 0 aromatic heterocycles. The molecular formula is C33H46N4O7. The number of amides is 2. The highest BCUT2D eigenvalue weighted by atomic mass is 16.6. The minimum absolute atomic E-state index is 0.0122. The summed E-state index contributed by atoms with van der Waals surface area (Å²) in [6.07, 6.45) is 10.9. The summed E-state index contributed by atoms with van der Waals surface area (Å²) in [7, 11) is 0. The van der Waals surface area contributed by atoms with Gasteiger partial charge in [-0.25, -0.2) is 0 Å². The van der Waals surface area contributed by atoms with Crippen molar-refractivity contribution in [2.24, 2.45) is 0 Å². The molecule has 2 fully saturated rings. The second kappa shape index (κ2) is 15.6. The molecule has 0 saturated heterocycles. The van der Waals surface area contributed by atoms with Gasteiger partial charge in [0.25, 0.3) is 17.5 Å². The Bertz CT molecular complexity index is 1230. The largest absolute Gasteiger partial charge is 0.502 e. The Morgan fingerprint density at radius 2 is 1.09 bits per heavy atom. The molecule has 44 heavy (non-hydrogen) atoms. The number of carbonyl (C=O) groups excluding carboxylic acids is 2. The number of hydrogen-bond acceptors (Lipinski definition) is 7. The quantitative estimate of drug-likeness (QED) is 0.239. The van der Waals surface area contributed by atoms with Gasteiger partial charge in [0.2, 0.25) is 0 Å². The van der Waals surface area contributed by atoms with Gasteiger partial charge >= 0.3 is 5.69 Å². The summed E-state index contributed by atoms with van der Waals surface area (Å²) in [5.41, 5.74) is 0.826. The number of carbonyl (C=O) groups is 2. The third kappa shape index (κ3) is 8.54. The van der Waals surface area contributed by atoms with E-state index in [1.807, 2.05) is 37.5 Å². The van der Waals surface area contributed by atoms with E-state index in [2.05, 4.69) is 0 Å². The molecule has 0 aliphatic heterocycles. The van der Waals surface area contributed by atoms with E-state index in [1.165, 1.54) is 31.0 Å². The Balaban J connectivity index is 0.000000240. The SMILES string of the molecule is CC(C)N(C(=O)c1ccc(O)c([N+](=O)[O-])c1)C1CCCCC1.Cc1ccc(C(=O)N(C(C)C)C2CCCCC2)cc1[N+](=O)[O-]. The molecule has 4 rings (SSSR count). The highest BCUT2D eigenvalue weighted by Gasteiger charge is 2.31. The van der Waals surface area contributed by atoms with Crippen molar-refractivity contribution in [3.8, 4) is 5.75 Å². The van der Waals surface area contributed by atoms with Gasteiger partial charge in [-0.3, -0.25) is 29.8 Å². The van der Waals surface area contributed by atoms with Gasteiger partial charge in [0.15, 0.2) is 5.75 Å². The molecule has 2 aliphatic rings. The zero-order valence-corrected chi connectivity index (χ0v) is 26.5. The fraction of sp³-hybridized carbons (Fsp3) is 0.576. The molecule has 240 valence electrons. The number of aryl methyl sites for hydroxylation is 1. The molecule has 0 heterocycles. The molecule has 2 aromatic carbocycles. The smallest absolute Gasteiger partial charge is 0.311 e. The second-order valence-electron chi connectivity index (χ2n) is 12.4. The molecule has 2 amide bonds. The zero-order valence-electron chi connectivity index (χ0n) is 26.5. The van der Waals surface area contributed by atoms with Crippen LogP contribution < -0.4 is 0 Å². The highest BCUT2D eigenvalue weighted by Crippen LogP contribution is 2.30. The number of aromatic hydroxyl groups is 1. The van der Waals surface area contributed by atoms with Crippen LogP contribution in [0.2, 0.25) is 0 Å². The zero-order chi connectivity index (χ0) is 32.6. The fourth-order valence-corrected chi connectivity index (χ4v) is 6.40. The van der Waals surface area contributed by atoms with Crippen LogP contribution in [-0.4, -0.2) is 60.7 Å². The summed E-state index contributed by atoms with van der Waals surface area (Å²) < 4.78 is 0. The van der Waals surface area contributed by atoms with Gasteiger partial charge in [0.1, 0.15) is 0 Å². The topological polar surface area (TPSA) is 147 Å². The summed E-state index contributed by atoms with van der Waals surface area (Å²) >= 11 is 0. The molecular weight excluding hydrogens is 564 g/mol. The van der Waals surface area contributed by atoms with Crippen LogP contribution in [0.15, 0.2) is 36.4 Å². The number of phenols is 1. The maximum atomic E-state index is 12.9. The average molecular weight is 611 g/mol. The van der Waals surface area contributed by atoms with E-state index >= 15 is 0 Å². The molecule has 0 atom stereocenters. The molecule has 2 aromatic rings. The van der Waals surface area contributed by atoms with Crippen LogP contribution >= 0.6 is 0 Å². The van der Waals surface area contributed by atoms with Gasteiger partial charge < -0.3 is 14.9 Å². The molecule has 0 unspecified atom stereocenters. The first-order valence-electron chi connectivity index (χ1n) is 15.7. The van der Waals surface area contributed by atoms with Crippen molar-refractivity contribution in [2.45, 2.75) is 123 Å². The minimum atomic E-state index is -0.674. The van der Waals surface area contributed by atoms with E-state index in [9.17, 15) is 34.9 Å². The van der Waals surface area contributed by atoms with Gasteiger partial charge in [-0.2, -0.15) is 0 Å². The summed E-state index contributed by atoms with van der Waals surface area (Å²) in [5, 5.41) is 31.5. The van der Waals surface area contributed by atoms with Gasteiger partial charge in [0.05, 0.1) is 9.85 Å². The van der Waals surface area contributed by atoms with Crippen molar-refractivity contribution in [3.63, 3.8) is 0 Å². The standard InChI is InChI=1S/C17H24N2O3.C16H22N2O4/c1-12(2)18(15-7-5-4-6-8-15)17(20)14-10-9-13(3)16(11-14)19(21)22;1-11(2)17(13-6-4-3-5-7-13)16(20)12-8-9-15(19)14(10-12)18(21)22/h9-12,15H,4-8H2,1-3H3;8-11,13,19H,3-7H2,1-2H3. The fourth-order valence-electron chi connectivity index (χ4n) is 6.40. The van der Waals surface area contributed by atoms with Crippen LogP contribution in [0.25, 0.3) is 0 Å². The van der Waals surface area contributed by atoms with Crippen molar-refractivity contribution in [2.75, 3.05) is 0 Å². The van der Waals surface area contributed by atoms with E-state index in [4.69, 9.17) is 0 Å².